The van der Waals surface area contributed by atoms with Crippen LogP contribution in [-0.2, 0) is 5.41 Å². The number of rotatable bonds is 2. The highest BCUT2D eigenvalue weighted by Crippen LogP contribution is 2.51. The second kappa shape index (κ2) is 2.51. The Bertz CT molecular complexity index is 286. The van der Waals surface area contributed by atoms with Crippen LogP contribution in [0.15, 0.2) is 16.5 Å². The Labute approximate surface area is 76.1 Å². The monoisotopic (exact) mass is 186 g/mol. The van der Waals surface area contributed by atoms with E-state index in [0.29, 0.717) is 5.22 Å². The summed E-state index contributed by atoms with van der Waals surface area (Å²) < 4.78 is 5.28. The zero-order valence-corrected chi connectivity index (χ0v) is 7.64. The quantitative estimate of drug-likeness (QED) is 0.769. The maximum atomic E-state index is 9.50. The van der Waals surface area contributed by atoms with Crippen molar-refractivity contribution in [1.29, 1.82) is 0 Å². The summed E-state index contributed by atoms with van der Waals surface area (Å²) in [5.74, 6) is 0.822. The Kier molecular flexibility index (Phi) is 1.70. The van der Waals surface area contributed by atoms with Gasteiger partial charge < -0.3 is 9.52 Å². The van der Waals surface area contributed by atoms with Crippen molar-refractivity contribution < 1.29 is 9.52 Å². The summed E-state index contributed by atoms with van der Waals surface area (Å²) in [5.41, 5.74) is -0.132. The Morgan fingerprint density at radius 3 is 2.58 bits per heavy atom. The van der Waals surface area contributed by atoms with Gasteiger partial charge >= 0.3 is 0 Å². The fourth-order valence-corrected chi connectivity index (χ4v) is 1.73. The van der Waals surface area contributed by atoms with Gasteiger partial charge in [0.15, 0.2) is 5.22 Å². The molecule has 1 fully saturated rings. The lowest BCUT2D eigenvalue weighted by atomic mass is 9.98. The molecule has 1 aliphatic carbocycles. The van der Waals surface area contributed by atoms with E-state index in [2.05, 4.69) is 0 Å². The van der Waals surface area contributed by atoms with E-state index in [1.807, 2.05) is 6.07 Å². The standard InChI is InChI=1S/C9H11ClO2/c1-6(11)9(4-5-9)7-2-3-8(10)12-7/h2-3,6,11H,4-5H2,1H3. The van der Waals surface area contributed by atoms with E-state index in [4.69, 9.17) is 16.0 Å². The zero-order chi connectivity index (χ0) is 8.77. The van der Waals surface area contributed by atoms with Crippen molar-refractivity contribution in [1.82, 2.24) is 0 Å². The first-order valence-corrected chi connectivity index (χ1v) is 4.47. The van der Waals surface area contributed by atoms with Gasteiger partial charge in [0, 0.05) is 0 Å². The van der Waals surface area contributed by atoms with Crippen molar-refractivity contribution in [3.63, 3.8) is 0 Å². The molecule has 1 unspecified atom stereocenters. The summed E-state index contributed by atoms with van der Waals surface area (Å²) in [6, 6.07) is 3.57. The first-order chi connectivity index (χ1) is 5.65. The molecule has 0 radical (unpaired) electrons. The first kappa shape index (κ1) is 8.14. The minimum absolute atomic E-state index is 0.132. The minimum atomic E-state index is -0.347. The molecule has 1 aromatic rings. The molecule has 2 nitrogen and oxygen atoms in total. The largest absolute Gasteiger partial charge is 0.449 e. The van der Waals surface area contributed by atoms with Crippen LogP contribution in [0.2, 0.25) is 5.22 Å². The van der Waals surface area contributed by atoms with Gasteiger partial charge in [-0.25, -0.2) is 0 Å². The molecule has 0 spiro atoms. The van der Waals surface area contributed by atoms with Crippen molar-refractivity contribution >= 4 is 11.6 Å². The third-order valence-corrected chi connectivity index (χ3v) is 2.86. The number of hydrogen-bond acceptors (Lipinski definition) is 2. The van der Waals surface area contributed by atoms with Gasteiger partial charge in [0.05, 0.1) is 11.5 Å². The molecule has 0 aromatic carbocycles. The predicted molar refractivity (Wildman–Crippen MR) is 46.3 cm³/mol. The van der Waals surface area contributed by atoms with Crippen molar-refractivity contribution in [3.05, 3.63) is 23.1 Å². The van der Waals surface area contributed by atoms with E-state index in [9.17, 15) is 5.11 Å². The molecular formula is C9H11ClO2. The molecule has 1 aliphatic rings. The van der Waals surface area contributed by atoms with Crippen LogP contribution in [0.5, 0.6) is 0 Å². The Balaban J connectivity index is 2.30. The molecule has 1 aromatic heterocycles. The second-order valence-corrected chi connectivity index (χ2v) is 3.81. The number of aliphatic hydroxyl groups excluding tert-OH is 1. The van der Waals surface area contributed by atoms with Crippen LogP contribution < -0.4 is 0 Å². The highest BCUT2D eigenvalue weighted by atomic mass is 35.5. The van der Waals surface area contributed by atoms with Gasteiger partial charge in [-0.1, -0.05) is 0 Å². The molecule has 2 rings (SSSR count). The lowest BCUT2D eigenvalue weighted by Gasteiger charge is -2.14. The number of furan rings is 1. The van der Waals surface area contributed by atoms with Gasteiger partial charge in [0.25, 0.3) is 0 Å². The Morgan fingerprint density at radius 1 is 1.58 bits per heavy atom. The smallest absolute Gasteiger partial charge is 0.193 e. The molecule has 1 atom stereocenters. The van der Waals surface area contributed by atoms with Crippen LogP contribution in [0, 0.1) is 0 Å². The van der Waals surface area contributed by atoms with Crippen LogP contribution in [-0.4, -0.2) is 11.2 Å². The van der Waals surface area contributed by atoms with E-state index in [1.165, 1.54) is 0 Å². The predicted octanol–water partition coefficient (Wildman–Crippen LogP) is 2.35. The van der Waals surface area contributed by atoms with E-state index >= 15 is 0 Å². The SMILES string of the molecule is CC(O)C1(c2ccc(Cl)o2)CC1. The fourth-order valence-electron chi connectivity index (χ4n) is 1.59. The van der Waals surface area contributed by atoms with Gasteiger partial charge in [-0.3, -0.25) is 0 Å². The lowest BCUT2D eigenvalue weighted by molar-refractivity contribution is 0.138. The van der Waals surface area contributed by atoms with Crippen molar-refractivity contribution in [2.24, 2.45) is 0 Å². The zero-order valence-electron chi connectivity index (χ0n) is 6.88. The minimum Gasteiger partial charge on any atom is -0.449 e. The number of aliphatic hydroxyl groups is 1. The molecular weight excluding hydrogens is 176 g/mol. The van der Waals surface area contributed by atoms with Gasteiger partial charge in [-0.2, -0.15) is 0 Å². The summed E-state index contributed by atoms with van der Waals surface area (Å²) in [6.45, 7) is 1.80. The summed E-state index contributed by atoms with van der Waals surface area (Å²) in [7, 11) is 0. The maximum absolute atomic E-state index is 9.50. The lowest BCUT2D eigenvalue weighted by Crippen LogP contribution is -2.21. The average molecular weight is 187 g/mol. The highest BCUT2D eigenvalue weighted by molar-refractivity contribution is 6.28. The number of hydrogen-bond donors (Lipinski definition) is 1. The van der Waals surface area contributed by atoms with E-state index < -0.39 is 0 Å². The van der Waals surface area contributed by atoms with Crippen LogP contribution in [0.25, 0.3) is 0 Å². The molecule has 12 heavy (non-hydrogen) atoms. The molecule has 1 saturated carbocycles. The van der Waals surface area contributed by atoms with Gasteiger partial charge in [-0.05, 0) is 43.5 Å². The van der Waals surface area contributed by atoms with Gasteiger partial charge in [0.1, 0.15) is 5.76 Å². The average Bonchev–Trinajstić information content (AvgIpc) is 2.71. The normalized spacial score (nSPS) is 22.2. The molecule has 1 N–H and O–H groups in total. The first-order valence-electron chi connectivity index (χ1n) is 4.09. The topological polar surface area (TPSA) is 33.4 Å². The Morgan fingerprint density at radius 2 is 2.25 bits per heavy atom. The van der Waals surface area contributed by atoms with Gasteiger partial charge in [-0.15, -0.1) is 0 Å². The summed E-state index contributed by atoms with van der Waals surface area (Å²) in [6.07, 6.45) is 1.64. The third-order valence-electron chi connectivity index (χ3n) is 2.65. The molecule has 0 bridgehead atoms. The van der Waals surface area contributed by atoms with E-state index in [0.717, 1.165) is 18.6 Å². The molecule has 0 saturated heterocycles. The van der Waals surface area contributed by atoms with Gasteiger partial charge in [0.2, 0.25) is 0 Å². The van der Waals surface area contributed by atoms with Crippen molar-refractivity contribution in [2.45, 2.75) is 31.3 Å². The fraction of sp³-hybridized carbons (Fsp3) is 0.556. The number of halogens is 1. The van der Waals surface area contributed by atoms with Crippen LogP contribution in [0.3, 0.4) is 0 Å². The maximum Gasteiger partial charge on any atom is 0.193 e. The molecule has 1 heterocycles. The third kappa shape index (κ3) is 1.06. The van der Waals surface area contributed by atoms with Crippen LogP contribution >= 0.6 is 11.6 Å². The van der Waals surface area contributed by atoms with E-state index in [-0.39, 0.29) is 11.5 Å². The summed E-state index contributed by atoms with van der Waals surface area (Å²) in [5, 5.41) is 9.90. The molecule has 3 heteroatoms. The second-order valence-electron chi connectivity index (χ2n) is 3.44. The molecule has 0 aliphatic heterocycles. The summed E-state index contributed by atoms with van der Waals surface area (Å²) in [4.78, 5) is 0. The molecule has 66 valence electrons. The van der Waals surface area contributed by atoms with Crippen molar-refractivity contribution in [3.8, 4) is 0 Å². The van der Waals surface area contributed by atoms with E-state index in [1.54, 1.807) is 13.0 Å². The van der Waals surface area contributed by atoms with Crippen LogP contribution in [0.4, 0.5) is 0 Å². The highest BCUT2D eigenvalue weighted by Gasteiger charge is 2.51. The van der Waals surface area contributed by atoms with Crippen molar-refractivity contribution in [2.75, 3.05) is 0 Å². The van der Waals surface area contributed by atoms with Crippen LogP contribution in [0.1, 0.15) is 25.5 Å². The molecule has 0 amide bonds. The Hall–Kier alpha value is -0.470. The summed E-state index contributed by atoms with van der Waals surface area (Å²) >= 11 is 5.65.